The largest absolute Gasteiger partial charge is 0.443 e. The van der Waals surface area contributed by atoms with E-state index in [9.17, 15) is 9.00 Å². The highest BCUT2D eigenvalue weighted by atomic mass is 79.9. The fourth-order valence-electron chi connectivity index (χ4n) is 1.74. The lowest BCUT2D eigenvalue weighted by Gasteiger charge is -2.05. The number of amides is 1. The molecule has 1 atom stereocenters. The molecule has 0 aliphatic carbocycles. The Labute approximate surface area is 138 Å². The van der Waals surface area contributed by atoms with Crippen molar-refractivity contribution in [2.24, 2.45) is 4.36 Å². The highest BCUT2D eigenvalue weighted by molar-refractivity contribution is 9.10. The zero-order valence-electron chi connectivity index (χ0n) is 11.9. The quantitative estimate of drug-likeness (QED) is 0.806. The highest BCUT2D eigenvalue weighted by Crippen LogP contribution is 2.12. The number of hydrogen-bond donors (Lipinski definition) is 0. The topological polar surface area (TPSA) is 68.6 Å². The van der Waals surface area contributed by atoms with Crippen LogP contribution in [0.5, 0.6) is 0 Å². The molecule has 7 heteroatoms. The van der Waals surface area contributed by atoms with Gasteiger partial charge in [0.05, 0.1) is 21.2 Å². The van der Waals surface area contributed by atoms with Crippen molar-refractivity contribution in [3.63, 3.8) is 0 Å². The predicted octanol–water partition coefficient (Wildman–Crippen LogP) is 3.78. The molecule has 0 N–H and O–H groups in total. The first kappa shape index (κ1) is 16.6. The number of halogens is 1. The van der Waals surface area contributed by atoms with Gasteiger partial charge < -0.3 is 4.74 Å². The number of hydrogen-bond acceptors (Lipinski definition) is 4. The number of rotatable bonds is 4. The zero-order valence-corrected chi connectivity index (χ0v) is 14.3. The van der Waals surface area contributed by atoms with Crippen LogP contribution in [0.25, 0.3) is 0 Å². The lowest BCUT2D eigenvalue weighted by molar-refractivity contribution is 0.151. The summed E-state index contributed by atoms with van der Waals surface area (Å²) in [5.74, 6) is 0.0902. The monoisotopic (exact) mass is 382 g/mol. The van der Waals surface area contributed by atoms with Crippen LogP contribution in [0.2, 0.25) is 0 Å². The fourth-order valence-corrected chi connectivity index (χ4v) is 3.26. The lowest BCUT2D eigenvalue weighted by Crippen LogP contribution is -2.08. The van der Waals surface area contributed by atoms with Crippen molar-refractivity contribution in [3.8, 4) is 0 Å². The molecule has 1 amide bonds. The summed E-state index contributed by atoms with van der Waals surface area (Å²) in [7, 11) is -2.74. The summed E-state index contributed by atoms with van der Waals surface area (Å²) in [4.78, 5) is 15.8. The molecular formula is C15H15BrN2O3S. The van der Waals surface area contributed by atoms with Gasteiger partial charge in [-0.15, -0.1) is 4.36 Å². The first-order valence-electron chi connectivity index (χ1n) is 6.45. The number of ether oxygens (including phenoxy) is 1. The van der Waals surface area contributed by atoms with E-state index in [-0.39, 0.29) is 12.4 Å². The van der Waals surface area contributed by atoms with E-state index in [1.54, 1.807) is 18.3 Å². The Morgan fingerprint density at radius 2 is 2.05 bits per heavy atom. The average Bonchev–Trinajstić information content (AvgIpc) is 2.45. The maximum Gasteiger partial charge on any atom is 0.442 e. The molecule has 2 rings (SSSR count). The van der Waals surface area contributed by atoms with Crippen molar-refractivity contribution in [1.29, 1.82) is 0 Å². The Morgan fingerprint density at radius 1 is 1.32 bits per heavy atom. The normalized spacial score (nSPS) is 13.2. The van der Waals surface area contributed by atoms with E-state index in [1.165, 1.54) is 6.26 Å². The van der Waals surface area contributed by atoms with Gasteiger partial charge in [-0.3, -0.25) is 4.98 Å². The summed E-state index contributed by atoms with van der Waals surface area (Å²) in [6, 6.07) is 12.8. The molecule has 2 aromatic rings. The van der Waals surface area contributed by atoms with E-state index in [0.29, 0.717) is 5.69 Å². The molecule has 1 unspecified atom stereocenters. The van der Waals surface area contributed by atoms with Gasteiger partial charge >= 0.3 is 6.09 Å². The summed E-state index contributed by atoms with van der Waals surface area (Å²) in [5.41, 5.74) is 1.45. The summed E-state index contributed by atoms with van der Waals surface area (Å²) in [5, 5.41) is 0. The van der Waals surface area contributed by atoms with Gasteiger partial charge in [-0.25, -0.2) is 9.00 Å². The number of aromatic nitrogens is 1. The van der Waals surface area contributed by atoms with Crippen LogP contribution in [0.3, 0.4) is 0 Å². The summed E-state index contributed by atoms with van der Waals surface area (Å²) >= 11 is 3.32. The smallest absolute Gasteiger partial charge is 0.442 e. The van der Waals surface area contributed by atoms with Gasteiger partial charge in [-0.05, 0) is 17.7 Å². The van der Waals surface area contributed by atoms with Gasteiger partial charge in [0.15, 0.2) is 0 Å². The Balaban J connectivity index is 2.00. The van der Waals surface area contributed by atoms with E-state index in [4.69, 9.17) is 4.74 Å². The third-order valence-corrected chi connectivity index (χ3v) is 4.53. The Morgan fingerprint density at radius 3 is 2.73 bits per heavy atom. The predicted molar refractivity (Wildman–Crippen MR) is 88.8 cm³/mol. The van der Waals surface area contributed by atoms with Crippen LogP contribution >= 0.6 is 15.9 Å². The fraction of sp³-hybridized carbons (Fsp3) is 0.200. The van der Waals surface area contributed by atoms with Crippen molar-refractivity contribution in [2.45, 2.75) is 12.4 Å². The number of carbonyl (C=O) groups is 1. The highest BCUT2D eigenvalue weighted by Gasteiger charge is 2.10. The molecular weight excluding hydrogens is 368 g/mol. The van der Waals surface area contributed by atoms with Gasteiger partial charge in [0, 0.05) is 16.9 Å². The molecule has 0 aliphatic rings. The molecule has 5 nitrogen and oxygen atoms in total. The van der Waals surface area contributed by atoms with Crippen molar-refractivity contribution in [3.05, 3.63) is 64.4 Å². The van der Waals surface area contributed by atoms with Crippen LogP contribution in [0.1, 0.15) is 11.3 Å². The Bertz CT molecular complexity index is 771. The second-order valence-corrected chi connectivity index (χ2v) is 8.01. The first-order chi connectivity index (χ1) is 10.4. The molecule has 22 heavy (non-hydrogen) atoms. The van der Waals surface area contributed by atoms with Crippen LogP contribution in [-0.2, 0) is 26.8 Å². The first-order valence-corrected chi connectivity index (χ1v) is 9.34. The average molecular weight is 383 g/mol. The minimum Gasteiger partial charge on any atom is -0.443 e. The standard InChI is InChI=1S/C15H15BrN2O3S/c1-22(20,11-14-9-13(16)7-8-17-14)18-15(19)21-10-12-5-3-2-4-6-12/h2-9H,10-11H2,1H3. The van der Waals surface area contributed by atoms with Gasteiger partial charge in [0.2, 0.25) is 0 Å². The summed E-state index contributed by atoms with van der Waals surface area (Å²) in [6.45, 7) is 0.105. The summed E-state index contributed by atoms with van der Waals surface area (Å²) < 4.78 is 21.9. The van der Waals surface area contributed by atoms with Crippen LogP contribution in [0.4, 0.5) is 4.79 Å². The molecule has 1 aromatic carbocycles. The molecule has 0 aliphatic heterocycles. The Kier molecular flexibility index (Phi) is 5.68. The van der Waals surface area contributed by atoms with Crippen molar-refractivity contribution >= 4 is 31.8 Å². The van der Waals surface area contributed by atoms with Gasteiger partial charge in [0.1, 0.15) is 6.61 Å². The second-order valence-electron chi connectivity index (χ2n) is 4.70. The lowest BCUT2D eigenvalue weighted by atomic mass is 10.2. The molecule has 0 saturated carbocycles. The number of carbonyl (C=O) groups excluding carboxylic acids is 1. The molecule has 0 radical (unpaired) electrons. The van der Waals surface area contributed by atoms with Gasteiger partial charge in [-0.1, -0.05) is 46.3 Å². The van der Waals surface area contributed by atoms with Crippen LogP contribution in [-0.4, -0.2) is 21.5 Å². The van der Waals surface area contributed by atoms with Crippen molar-refractivity contribution in [1.82, 2.24) is 4.98 Å². The molecule has 0 spiro atoms. The van der Waals surface area contributed by atoms with Gasteiger partial charge in [-0.2, -0.15) is 0 Å². The van der Waals surface area contributed by atoms with E-state index in [2.05, 4.69) is 25.3 Å². The number of benzene rings is 1. The van der Waals surface area contributed by atoms with Crippen molar-refractivity contribution in [2.75, 3.05) is 6.26 Å². The summed E-state index contributed by atoms with van der Waals surface area (Å²) in [6.07, 6.45) is 2.19. The van der Waals surface area contributed by atoms with Gasteiger partial charge in [0.25, 0.3) is 0 Å². The molecule has 0 bridgehead atoms. The van der Waals surface area contributed by atoms with Crippen LogP contribution < -0.4 is 0 Å². The van der Waals surface area contributed by atoms with E-state index >= 15 is 0 Å². The van der Waals surface area contributed by atoms with Crippen molar-refractivity contribution < 1.29 is 13.7 Å². The molecule has 0 saturated heterocycles. The minimum absolute atomic E-state index is 0.0902. The number of pyridine rings is 1. The molecule has 1 heterocycles. The molecule has 0 fully saturated rings. The number of nitrogens with zero attached hydrogens (tertiary/aromatic N) is 2. The zero-order chi connectivity index (χ0) is 16.0. The third-order valence-electron chi connectivity index (χ3n) is 2.67. The minimum atomic E-state index is -2.74. The van der Waals surface area contributed by atoms with E-state index in [0.717, 1.165) is 10.0 Å². The van der Waals surface area contributed by atoms with E-state index in [1.807, 2.05) is 30.3 Å². The third kappa shape index (κ3) is 5.57. The maximum absolute atomic E-state index is 12.4. The van der Waals surface area contributed by atoms with E-state index < -0.39 is 15.8 Å². The Hall–Kier alpha value is -1.73. The molecule has 116 valence electrons. The van der Waals surface area contributed by atoms with Crippen LogP contribution in [0.15, 0.2) is 57.5 Å². The molecule has 1 aromatic heterocycles. The SMILES string of the molecule is CS(=O)(Cc1cc(Br)ccn1)=NC(=O)OCc1ccccc1. The maximum atomic E-state index is 12.4. The van der Waals surface area contributed by atoms with Crippen LogP contribution in [0, 0.1) is 0 Å². The second kappa shape index (κ2) is 7.51.